The summed E-state index contributed by atoms with van der Waals surface area (Å²) in [7, 11) is 0. The van der Waals surface area contributed by atoms with Crippen LogP contribution in [0.2, 0.25) is 10.0 Å². The minimum Gasteiger partial charge on any atom is -0.332 e. The number of thiocarbonyl (C=S) groups is 1. The number of rotatable bonds is 4. The van der Waals surface area contributed by atoms with Gasteiger partial charge in [0.05, 0.1) is 11.0 Å². The highest BCUT2D eigenvalue weighted by Gasteiger charge is 2.11. The van der Waals surface area contributed by atoms with E-state index in [1.165, 1.54) is 0 Å². The maximum atomic E-state index is 6.26. The van der Waals surface area contributed by atoms with E-state index in [0.717, 1.165) is 26.5 Å². The maximum Gasteiger partial charge on any atom is 0.176 e. The molecule has 1 aromatic heterocycles. The van der Waals surface area contributed by atoms with Crippen LogP contribution >= 0.6 is 51.3 Å². The molecule has 0 saturated heterocycles. The van der Waals surface area contributed by atoms with E-state index in [1.807, 2.05) is 42.6 Å². The standard InChI is InChI=1S/C21H15BrCl2N4S/c22-17-12-28(11-14-8-9-15(23)10-18(14)24)27-20(17)26-21(29)25-19-7-3-5-13-4-1-2-6-16(13)19/h1-10,12H,11H2,(H2,25,26,27,29). The van der Waals surface area contributed by atoms with Gasteiger partial charge in [-0.25, -0.2) is 0 Å². The van der Waals surface area contributed by atoms with Crippen LogP contribution in [0.1, 0.15) is 5.56 Å². The number of hydrogen-bond donors (Lipinski definition) is 2. The van der Waals surface area contributed by atoms with Crippen molar-refractivity contribution in [2.45, 2.75) is 6.54 Å². The van der Waals surface area contributed by atoms with Gasteiger partial charge in [-0.3, -0.25) is 4.68 Å². The minimum absolute atomic E-state index is 0.455. The highest BCUT2D eigenvalue weighted by molar-refractivity contribution is 9.10. The summed E-state index contributed by atoms with van der Waals surface area (Å²) in [6, 6.07) is 19.6. The van der Waals surface area contributed by atoms with E-state index in [1.54, 1.807) is 10.7 Å². The van der Waals surface area contributed by atoms with Gasteiger partial charge in [0.2, 0.25) is 0 Å². The Labute approximate surface area is 191 Å². The first kappa shape index (κ1) is 20.2. The van der Waals surface area contributed by atoms with Crippen LogP contribution in [0.25, 0.3) is 10.8 Å². The Morgan fingerprint density at radius 3 is 2.66 bits per heavy atom. The highest BCUT2D eigenvalue weighted by atomic mass is 79.9. The molecule has 146 valence electrons. The Morgan fingerprint density at radius 2 is 1.83 bits per heavy atom. The lowest BCUT2D eigenvalue weighted by atomic mass is 10.1. The van der Waals surface area contributed by atoms with Crippen molar-refractivity contribution in [2.24, 2.45) is 0 Å². The van der Waals surface area contributed by atoms with Crippen molar-refractivity contribution in [3.63, 3.8) is 0 Å². The van der Waals surface area contributed by atoms with Crippen LogP contribution in [0.3, 0.4) is 0 Å². The van der Waals surface area contributed by atoms with Crippen molar-refractivity contribution in [2.75, 3.05) is 10.6 Å². The quantitative estimate of drug-likeness (QED) is 0.294. The van der Waals surface area contributed by atoms with Crippen LogP contribution in [-0.2, 0) is 6.54 Å². The van der Waals surface area contributed by atoms with Gasteiger partial charge in [-0.2, -0.15) is 5.10 Å². The number of nitrogens with one attached hydrogen (secondary N) is 2. The number of anilines is 2. The van der Waals surface area contributed by atoms with Gasteiger partial charge in [-0.1, -0.05) is 65.7 Å². The molecule has 0 aliphatic carbocycles. The van der Waals surface area contributed by atoms with E-state index in [-0.39, 0.29) is 0 Å². The zero-order valence-corrected chi connectivity index (χ0v) is 18.9. The lowest BCUT2D eigenvalue weighted by molar-refractivity contribution is 0.690. The van der Waals surface area contributed by atoms with E-state index in [4.69, 9.17) is 35.4 Å². The minimum atomic E-state index is 0.455. The number of benzene rings is 3. The first-order chi connectivity index (χ1) is 14.0. The molecule has 4 nitrogen and oxygen atoms in total. The Kier molecular flexibility index (Phi) is 6.06. The maximum absolute atomic E-state index is 6.26. The molecule has 0 unspecified atom stereocenters. The summed E-state index contributed by atoms with van der Waals surface area (Å²) >= 11 is 21.2. The highest BCUT2D eigenvalue weighted by Crippen LogP contribution is 2.26. The van der Waals surface area contributed by atoms with Crippen LogP contribution in [0.15, 0.2) is 71.3 Å². The third-order valence-electron chi connectivity index (χ3n) is 4.33. The van der Waals surface area contributed by atoms with Gasteiger partial charge in [0.1, 0.15) is 0 Å². The average molecular weight is 506 g/mol. The zero-order valence-electron chi connectivity index (χ0n) is 15.0. The van der Waals surface area contributed by atoms with E-state index < -0.39 is 0 Å². The molecule has 0 saturated carbocycles. The van der Waals surface area contributed by atoms with Crippen molar-refractivity contribution < 1.29 is 0 Å². The fourth-order valence-electron chi connectivity index (χ4n) is 2.98. The molecule has 8 heteroatoms. The summed E-state index contributed by atoms with van der Waals surface area (Å²) in [6.07, 6.45) is 1.87. The monoisotopic (exact) mass is 504 g/mol. The van der Waals surface area contributed by atoms with Crippen LogP contribution < -0.4 is 10.6 Å². The van der Waals surface area contributed by atoms with E-state index in [0.29, 0.717) is 27.5 Å². The van der Waals surface area contributed by atoms with Gasteiger partial charge >= 0.3 is 0 Å². The molecule has 0 fully saturated rings. The molecule has 0 aliphatic heterocycles. The number of nitrogens with zero attached hydrogens (tertiary/aromatic N) is 2. The fraction of sp³-hybridized carbons (Fsp3) is 0.0476. The van der Waals surface area contributed by atoms with E-state index in [2.05, 4.69) is 49.9 Å². The number of hydrogen-bond acceptors (Lipinski definition) is 2. The smallest absolute Gasteiger partial charge is 0.176 e. The first-order valence-corrected chi connectivity index (χ1v) is 10.7. The normalized spacial score (nSPS) is 10.9. The summed E-state index contributed by atoms with van der Waals surface area (Å²) in [5.41, 5.74) is 1.86. The Bertz CT molecular complexity index is 1200. The van der Waals surface area contributed by atoms with Crippen LogP contribution in [0.4, 0.5) is 11.5 Å². The molecule has 0 atom stereocenters. The SMILES string of the molecule is S=C(Nc1nn(Cc2ccc(Cl)cc2Cl)cc1Br)Nc1cccc2ccccc12. The first-order valence-electron chi connectivity index (χ1n) is 8.72. The summed E-state index contributed by atoms with van der Waals surface area (Å²) in [6.45, 7) is 0.514. The molecule has 29 heavy (non-hydrogen) atoms. The van der Waals surface area contributed by atoms with E-state index in [9.17, 15) is 0 Å². The molecule has 1 heterocycles. The molecule has 0 amide bonds. The predicted octanol–water partition coefficient (Wildman–Crippen LogP) is 6.96. The lowest BCUT2D eigenvalue weighted by Gasteiger charge is -2.11. The third kappa shape index (κ3) is 4.73. The van der Waals surface area contributed by atoms with Gasteiger partial charge in [-0.15, -0.1) is 0 Å². The van der Waals surface area contributed by atoms with Gasteiger partial charge < -0.3 is 10.6 Å². The second-order valence-corrected chi connectivity index (χ2v) is 8.47. The van der Waals surface area contributed by atoms with Gasteiger partial charge in [0, 0.05) is 27.3 Å². The fourth-order valence-corrected chi connectivity index (χ4v) is 4.07. The molecule has 0 bridgehead atoms. The van der Waals surface area contributed by atoms with Crippen LogP contribution in [-0.4, -0.2) is 14.9 Å². The second-order valence-electron chi connectivity index (χ2n) is 6.36. The number of halogens is 3. The predicted molar refractivity (Wildman–Crippen MR) is 129 cm³/mol. The summed E-state index contributed by atoms with van der Waals surface area (Å²) < 4.78 is 2.58. The van der Waals surface area contributed by atoms with Gasteiger partial charge in [0.15, 0.2) is 10.9 Å². The van der Waals surface area contributed by atoms with Crippen molar-refractivity contribution in [3.8, 4) is 0 Å². The Hall–Kier alpha value is -2.12. The molecule has 0 aliphatic rings. The molecule has 0 spiro atoms. The molecule has 3 aromatic carbocycles. The summed E-state index contributed by atoms with van der Waals surface area (Å²) in [5.74, 6) is 0.618. The van der Waals surface area contributed by atoms with Crippen LogP contribution in [0, 0.1) is 0 Å². The van der Waals surface area contributed by atoms with Crippen LogP contribution in [0.5, 0.6) is 0 Å². The lowest BCUT2D eigenvalue weighted by Crippen LogP contribution is -2.20. The van der Waals surface area contributed by atoms with Gasteiger partial charge in [0.25, 0.3) is 0 Å². The third-order valence-corrected chi connectivity index (χ3v) is 5.71. The average Bonchev–Trinajstić information content (AvgIpc) is 3.03. The molecule has 4 rings (SSSR count). The largest absolute Gasteiger partial charge is 0.332 e. The molecular weight excluding hydrogens is 491 g/mol. The molecular formula is C21H15BrCl2N4S. The Morgan fingerprint density at radius 1 is 1.03 bits per heavy atom. The summed E-state index contributed by atoms with van der Waals surface area (Å²) in [4.78, 5) is 0. The topological polar surface area (TPSA) is 41.9 Å². The molecule has 2 N–H and O–H groups in total. The van der Waals surface area contributed by atoms with Crippen molar-refractivity contribution in [1.29, 1.82) is 0 Å². The molecule has 4 aromatic rings. The summed E-state index contributed by atoms with van der Waals surface area (Å²) in [5, 5.41) is 14.8. The van der Waals surface area contributed by atoms with Crippen molar-refractivity contribution >= 4 is 78.7 Å². The molecule has 0 radical (unpaired) electrons. The van der Waals surface area contributed by atoms with Gasteiger partial charge in [-0.05, 0) is 57.3 Å². The number of aromatic nitrogens is 2. The Balaban J connectivity index is 1.48. The zero-order chi connectivity index (χ0) is 20.4. The second kappa shape index (κ2) is 8.71. The van der Waals surface area contributed by atoms with Crippen molar-refractivity contribution in [3.05, 3.63) is 86.9 Å². The van der Waals surface area contributed by atoms with E-state index >= 15 is 0 Å². The van der Waals surface area contributed by atoms with Crippen molar-refractivity contribution in [1.82, 2.24) is 9.78 Å². The number of fused-ring (bicyclic) bond motifs is 1.